The minimum Gasteiger partial charge on any atom is -0.394 e. The molecule has 0 spiro atoms. The van der Waals surface area contributed by atoms with Crippen molar-refractivity contribution < 1.29 is 37.5 Å². The molecular weight excluding hydrogens is 560 g/mol. The summed E-state index contributed by atoms with van der Waals surface area (Å²) in [5.74, 6) is -4.71. The summed E-state index contributed by atoms with van der Waals surface area (Å²) >= 11 is -0.617. The minimum atomic E-state index is -1.42. The molecule has 1 aromatic carbocycles. The van der Waals surface area contributed by atoms with Crippen molar-refractivity contribution in [3.05, 3.63) is 50.5 Å². The van der Waals surface area contributed by atoms with Gasteiger partial charge in [-0.3, -0.25) is 19.3 Å². The van der Waals surface area contributed by atoms with Crippen LogP contribution in [-0.4, -0.2) is 47.3 Å². The van der Waals surface area contributed by atoms with Gasteiger partial charge in [-0.2, -0.15) is 5.48 Å². The molecule has 1 aliphatic heterocycles. The van der Waals surface area contributed by atoms with Gasteiger partial charge < -0.3 is 15.7 Å². The number of amides is 2. The van der Waals surface area contributed by atoms with Crippen molar-refractivity contribution in [2.24, 2.45) is 0 Å². The molecule has 2 rings (SSSR count). The summed E-state index contributed by atoms with van der Waals surface area (Å²) in [6, 6.07) is 1.04. The van der Waals surface area contributed by atoms with Crippen LogP contribution in [0, 0.1) is 11.6 Å². The van der Waals surface area contributed by atoms with Crippen molar-refractivity contribution in [2.75, 3.05) is 31.7 Å². The SMILES string of the molecule is CCCNC(=O)CONCc1cc(C(=O)NOCCO)c(NC2=C(F)C=IC=C2)c(F)c1F. The Bertz CT molecular complexity index is 956. The van der Waals surface area contributed by atoms with E-state index in [-0.39, 0.29) is 43.2 Å². The van der Waals surface area contributed by atoms with Gasteiger partial charge in [0.15, 0.2) is 17.5 Å². The predicted octanol–water partition coefficient (Wildman–Crippen LogP) is 2.06. The van der Waals surface area contributed by atoms with Crippen molar-refractivity contribution in [3.63, 3.8) is 0 Å². The maximum atomic E-state index is 14.9. The number of anilines is 1. The highest BCUT2D eigenvalue weighted by Crippen LogP contribution is 2.29. The third-order valence-corrected chi connectivity index (χ3v) is 5.68. The van der Waals surface area contributed by atoms with Gasteiger partial charge in [0.1, 0.15) is 6.61 Å². The lowest BCUT2D eigenvalue weighted by atomic mass is 10.1. The van der Waals surface area contributed by atoms with Crippen LogP contribution in [-0.2, 0) is 21.0 Å². The smallest absolute Gasteiger partial charge is 0.277 e. The Balaban J connectivity index is 2.24. The Morgan fingerprint density at radius 1 is 1.18 bits per heavy atom. The van der Waals surface area contributed by atoms with Crippen LogP contribution in [0.4, 0.5) is 18.9 Å². The summed E-state index contributed by atoms with van der Waals surface area (Å²) in [6.07, 6.45) is 2.13. The molecule has 5 N–H and O–H groups in total. The molecule has 2 amide bonds. The highest BCUT2D eigenvalue weighted by atomic mass is 127. The molecule has 0 unspecified atom stereocenters. The van der Waals surface area contributed by atoms with Gasteiger partial charge in [-0.15, -0.1) is 0 Å². The first-order valence-electron chi connectivity index (χ1n) is 9.82. The second-order valence-corrected chi connectivity index (χ2v) is 8.52. The second-order valence-electron chi connectivity index (χ2n) is 6.46. The molecule has 0 fully saturated rings. The lowest BCUT2D eigenvalue weighted by molar-refractivity contribution is -0.128. The summed E-state index contributed by atoms with van der Waals surface area (Å²) in [5.41, 5.74) is 2.95. The average molecular weight is 584 g/mol. The number of hydroxylamine groups is 2. The van der Waals surface area contributed by atoms with Crippen LogP contribution in [0.2, 0.25) is 0 Å². The number of hydrogen-bond acceptors (Lipinski definition) is 7. The monoisotopic (exact) mass is 584 g/mol. The number of carbonyl (C=O) groups excluding carboxylic acids is 2. The molecule has 13 heteroatoms. The van der Waals surface area contributed by atoms with Gasteiger partial charge in [-0.05, 0) is 22.6 Å². The quantitative estimate of drug-likeness (QED) is 0.137. The van der Waals surface area contributed by atoms with Gasteiger partial charge in [-0.1, -0.05) is 27.7 Å². The van der Waals surface area contributed by atoms with E-state index in [0.29, 0.717) is 6.54 Å². The maximum absolute atomic E-state index is 14.9. The number of rotatable bonds is 13. The Morgan fingerprint density at radius 3 is 2.67 bits per heavy atom. The van der Waals surface area contributed by atoms with E-state index in [1.165, 1.54) is 10.1 Å². The molecule has 0 saturated heterocycles. The van der Waals surface area contributed by atoms with Crippen LogP contribution < -0.4 is 21.6 Å². The van der Waals surface area contributed by atoms with E-state index in [2.05, 4.69) is 16.1 Å². The molecular formula is C20H24F3IN4O5. The van der Waals surface area contributed by atoms with Crippen LogP contribution in [0.3, 0.4) is 0 Å². The first-order valence-corrected chi connectivity index (χ1v) is 12.3. The van der Waals surface area contributed by atoms with E-state index in [4.69, 9.17) is 14.8 Å². The fraction of sp³-hybridized carbons (Fsp3) is 0.350. The molecule has 0 atom stereocenters. The Kier molecular flexibility index (Phi) is 11.5. The third-order valence-electron chi connectivity index (χ3n) is 4.00. The van der Waals surface area contributed by atoms with Crippen LogP contribution >= 0.6 is 20.7 Å². The lowest BCUT2D eigenvalue weighted by Gasteiger charge is -2.17. The molecule has 0 radical (unpaired) electrons. The van der Waals surface area contributed by atoms with E-state index >= 15 is 0 Å². The molecule has 0 saturated carbocycles. The van der Waals surface area contributed by atoms with Gasteiger partial charge in [-0.25, -0.2) is 18.7 Å². The van der Waals surface area contributed by atoms with Crippen molar-refractivity contribution in [3.8, 4) is 0 Å². The zero-order chi connectivity index (χ0) is 24.2. The third kappa shape index (κ3) is 8.19. The topological polar surface area (TPSA) is 121 Å². The summed E-state index contributed by atoms with van der Waals surface area (Å²) < 4.78 is 46.8. The number of aliphatic hydroxyl groups excluding tert-OH is 1. The molecule has 33 heavy (non-hydrogen) atoms. The molecule has 0 aliphatic carbocycles. The second kappa shape index (κ2) is 14.0. The molecule has 1 aromatic rings. The number of nitrogens with one attached hydrogen (secondary N) is 4. The fourth-order valence-corrected chi connectivity index (χ4v) is 3.88. The van der Waals surface area contributed by atoms with E-state index in [1.807, 2.05) is 12.4 Å². The largest absolute Gasteiger partial charge is 0.394 e. The number of aliphatic hydroxyl groups is 1. The normalized spacial score (nSPS) is 13.0. The van der Waals surface area contributed by atoms with Crippen LogP contribution in [0.1, 0.15) is 29.3 Å². The zero-order valence-corrected chi connectivity index (χ0v) is 19.8. The maximum Gasteiger partial charge on any atom is 0.277 e. The van der Waals surface area contributed by atoms with Gasteiger partial charge in [0.2, 0.25) is 5.91 Å². The van der Waals surface area contributed by atoms with Crippen molar-refractivity contribution in [1.29, 1.82) is 0 Å². The van der Waals surface area contributed by atoms with Crippen molar-refractivity contribution in [2.45, 2.75) is 19.9 Å². The van der Waals surface area contributed by atoms with Crippen LogP contribution in [0.5, 0.6) is 0 Å². The van der Waals surface area contributed by atoms with E-state index in [1.54, 1.807) is 4.08 Å². The van der Waals surface area contributed by atoms with Crippen molar-refractivity contribution >= 4 is 42.2 Å². The average Bonchev–Trinajstić information content (AvgIpc) is 2.80. The number of allylic oxidation sites excluding steroid dienone is 2. The lowest BCUT2D eigenvalue weighted by Crippen LogP contribution is -2.31. The van der Waals surface area contributed by atoms with Gasteiger partial charge in [0.25, 0.3) is 5.91 Å². The number of halogens is 4. The first kappa shape index (κ1) is 26.9. The van der Waals surface area contributed by atoms with E-state index in [0.717, 1.165) is 12.5 Å². The van der Waals surface area contributed by atoms with E-state index in [9.17, 15) is 22.8 Å². The summed E-state index contributed by atoms with van der Waals surface area (Å²) in [4.78, 5) is 33.7. The molecule has 1 heterocycles. The number of hydrogen-bond donors (Lipinski definition) is 5. The molecule has 1 aliphatic rings. The Hall–Kier alpha value is -2.33. The minimum absolute atomic E-state index is 0.128. The molecule has 0 bridgehead atoms. The number of benzene rings is 1. The highest BCUT2D eigenvalue weighted by Gasteiger charge is 2.24. The fourth-order valence-electron chi connectivity index (χ4n) is 2.45. The van der Waals surface area contributed by atoms with Gasteiger partial charge >= 0.3 is 0 Å². The molecule has 0 aromatic heterocycles. The zero-order valence-electron chi connectivity index (χ0n) is 17.6. The summed E-state index contributed by atoms with van der Waals surface area (Å²) in [5, 5.41) is 13.8. The van der Waals surface area contributed by atoms with Crippen LogP contribution in [0.15, 0.2) is 27.7 Å². The van der Waals surface area contributed by atoms with Gasteiger partial charge in [0.05, 0.1) is 30.2 Å². The van der Waals surface area contributed by atoms with Crippen molar-refractivity contribution in [1.82, 2.24) is 16.3 Å². The molecule has 9 nitrogen and oxygen atoms in total. The summed E-state index contributed by atoms with van der Waals surface area (Å²) in [7, 11) is 0. The Morgan fingerprint density at radius 2 is 1.97 bits per heavy atom. The van der Waals surface area contributed by atoms with E-state index < -0.39 is 55.7 Å². The predicted molar refractivity (Wildman–Crippen MR) is 124 cm³/mol. The number of carbonyl (C=O) groups is 2. The first-order chi connectivity index (χ1) is 15.9. The van der Waals surface area contributed by atoms with Crippen LogP contribution in [0.25, 0.3) is 0 Å². The Labute approximate surface area is 198 Å². The summed E-state index contributed by atoms with van der Waals surface area (Å²) in [6.45, 7) is 0.999. The highest BCUT2D eigenvalue weighted by molar-refractivity contribution is 14.2. The van der Waals surface area contributed by atoms with Gasteiger partial charge in [0, 0.05) is 22.7 Å². The molecule has 182 valence electrons. The standard InChI is InChI=1S/C20H24F3IN4O5/c1-2-5-25-16(30)11-33-26-10-12-8-13(20(31)28-32-7-6-29)19(18(23)17(12)22)27-15-3-4-24-9-14(15)21/h3-4,8-9,26-27,29H,2,5-7,10-11H2,1H3,(H,25,30)(H,28,31).